The van der Waals surface area contributed by atoms with Crippen molar-refractivity contribution in [2.75, 3.05) is 19.7 Å². The fourth-order valence-corrected chi connectivity index (χ4v) is 5.00. The summed E-state index contributed by atoms with van der Waals surface area (Å²) in [5, 5.41) is 3.12. The van der Waals surface area contributed by atoms with Crippen LogP contribution in [0.2, 0.25) is 0 Å². The molecule has 2 heterocycles. The third kappa shape index (κ3) is 6.26. The van der Waals surface area contributed by atoms with Crippen molar-refractivity contribution in [3.05, 3.63) is 54.5 Å². The topological polar surface area (TPSA) is 88.6 Å². The normalized spacial score (nSPS) is 16.0. The van der Waals surface area contributed by atoms with Crippen molar-refractivity contribution < 1.29 is 22.3 Å². The molecule has 0 spiro atoms. The molecule has 0 saturated carbocycles. The quantitative estimate of drug-likeness (QED) is 0.576. The van der Waals surface area contributed by atoms with E-state index in [0.29, 0.717) is 51.1 Å². The molecule has 1 amide bonds. The van der Waals surface area contributed by atoms with Crippen molar-refractivity contribution in [1.29, 1.82) is 0 Å². The first-order valence-electron chi connectivity index (χ1n) is 10.8. The molecule has 1 aliphatic heterocycles. The average Bonchev–Trinajstić information content (AvgIpc) is 2.79. The lowest BCUT2D eigenvalue weighted by molar-refractivity contribution is -0.130. The van der Waals surface area contributed by atoms with Gasteiger partial charge in [-0.3, -0.25) is 4.79 Å². The van der Waals surface area contributed by atoms with E-state index in [-0.39, 0.29) is 22.8 Å². The molecule has 1 aromatic heterocycles. The summed E-state index contributed by atoms with van der Waals surface area (Å²) in [5.41, 5.74) is -0.580. The lowest BCUT2D eigenvalue weighted by atomic mass is 9.86. The van der Waals surface area contributed by atoms with E-state index in [2.05, 4.69) is 10.3 Å². The van der Waals surface area contributed by atoms with Gasteiger partial charge in [0.15, 0.2) is 5.03 Å². The molecule has 1 fully saturated rings. The molecule has 0 unspecified atom stereocenters. The molecule has 2 aromatic rings. The molecule has 3 rings (SSSR count). The van der Waals surface area contributed by atoms with Gasteiger partial charge in [0, 0.05) is 30.7 Å². The van der Waals surface area contributed by atoms with E-state index in [4.69, 9.17) is 4.74 Å². The molecule has 32 heavy (non-hydrogen) atoms. The molecule has 174 valence electrons. The number of halogens is 1. The van der Waals surface area contributed by atoms with Gasteiger partial charge in [0.1, 0.15) is 11.6 Å². The first kappa shape index (κ1) is 24.1. The number of piperidine rings is 1. The summed E-state index contributed by atoms with van der Waals surface area (Å²) in [4.78, 5) is 16.8. The maximum Gasteiger partial charge on any atom is 0.260 e. The van der Waals surface area contributed by atoms with E-state index in [1.165, 1.54) is 28.7 Å². The summed E-state index contributed by atoms with van der Waals surface area (Å²) in [6.07, 6.45) is 3.89. The number of benzene rings is 1. The van der Waals surface area contributed by atoms with Crippen molar-refractivity contribution in [1.82, 2.24) is 14.6 Å². The van der Waals surface area contributed by atoms with Gasteiger partial charge in [-0.1, -0.05) is 19.9 Å². The van der Waals surface area contributed by atoms with E-state index in [1.54, 1.807) is 24.3 Å². The van der Waals surface area contributed by atoms with E-state index in [1.807, 2.05) is 13.8 Å². The number of aromatic nitrogens is 1. The highest BCUT2D eigenvalue weighted by molar-refractivity contribution is 7.89. The van der Waals surface area contributed by atoms with Crippen molar-refractivity contribution in [2.45, 2.75) is 50.6 Å². The van der Waals surface area contributed by atoms with Crippen LogP contribution < -0.4 is 10.1 Å². The molecular weight excluding hydrogens is 433 g/mol. The molecule has 1 N–H and O–H groups in total. The van der Waals surface area contributed by atoms with Crippen LogP contribution in [0.1, 0.15) is 39.5 Å². The van der Waals surface area contributed by atoms with Crippen molar-refractivity contribution in [2.24, 2.45) is 5.41 Å². The number of carbonyl (C=O) groups excluding carboxylic acids is 1. The van der Waals surface area contributed by atoms with Crippen LogP contribution in [0.5, 0.6) is 5.75 Å². The van der Waals surface area contributed by atoms with Crippen molar-refractivity contribution >= 4 is 15.9 Å². The number of hydrogen-bond acceptors (Lipinski definition) is 5. The van der Waals surface area contributed by atoms with E-state index < -0.39 is 15.4 Å². The van der Waals surface area contributed by atoms with Crippen LogP contribution in [0, 0.1) is 11.2 Å². The largest absolute Gasteiger partial charge is 0.494 e. The second-order valence-electron chi connectivity index (χ2n) is 8.61. The van der Waals surface area contributed by atoms with Crippen LogP contribution in [0.25, 0.3) is 0 Å². The Morgan fingerprint density at radius 2 is 1.88 bits per heavy atom. The van der Waals surface area contributed by atoms with Crippen LogP contribution in [0.3, 0.4) is 0 Å². The Morgan fingerprint density at radius 1 is 1.19 bits per heavy atom. The van der Waals surface area contributed by atoms with Gasteiger partial charge < -0.3 is 10.1 Å². The zero-order valence-corrected chi connectivity index (χ0v) is 19.3. The third-order valence-electron chi connectivity index (χ3n) is 5.67. The Balaban J connectivity index is 1.42. The summed E-state index contributed by atoms with van der Waals surface area (Å²) >= 11 is 0. The minimum atomic E-state index is -3.61. The van der Waals surface area contributed by atoms with Crippen LogP contribution >= 0.6 is 0 Å². The molecule has 9 heteroatoms. The smallest absolute Gasteiger partial charge is 0.260 e. The van der Waals surface area contributed by atoms with Gasteiger partial charge in [0.05, 0.1) is 6.61 Å². The van der Waals surface area contributed by atoms with Crippen molar-refractivity contribution in [3.63, 3.8) is 0 Å². The molecule has 1 aliphatic rings. The lowest BCUT2D eigenvalue weighted by Gasteiger charge is -2.33. The highest BCUT2D eigenvalue weighted by Gasteiger charge is 2.33. The molecule has 1 saturated heterocycles. The highest BCUT2D eigenvalue weighted by Crippen LogP contribution is 2.25. The number of sulfonamides is 1. The molecule has 0 radical (unpaired) electrons. The summed E-state index contributed by atoms with van der Waals surface area (Å²) in [6.45, 7) is 4.90. The number of rotatable bonds is 9. The summed E-state index contributed by atoms with van der Waals surface area (Å²) < 4.78 is 45.3. The van der Waals surface area contributed by atoms with Gasteiger partial charge in [-0.15, -0.1) is 0 Å². The maximum absolute atomic E-state index is 12.9. The summed E-state index contributed by atoms with van der Waals surface area (Å²) in [6, 6.07) is 10.6. The first-order chi connectivity index (χ1) is 15.2. The number of pyridine rings is 1. The van der Waals surface area contributed by atoms with Gasteiger partial charge >= 0.3 is 0 Å². The van der Waals surface area contributed by atoms with E-state index in [9.17, 15) is 17.6 Å². The van der Waals surface area contributed by atoms with Gasteiger partial charge in [-0.25, -0.2) is 17.8 Å². The number of amides is 1. The SMILES string of the molecule is CC(C)(CCCOc1ccc(F)cc1)C(=O)NC1CCN(S(=O)(=O)c2ccccn2)CC1. The number of nitrogens with zero attached hydrogens (tertiary/aromatic N) is 2. The zero-order valence-electron chi connectivity index (χ0n) is 18.5. The zero-order chi connectivity index (χ0) is 23.2. The third-order valence-corrected chi connectivity index (χ3v) is 7.49. The minimum absolute atomic E-state index is 0.0477. The molecular formula is C23H30FN3O4S. The number of nitrogens with one attached hydrogen (secondary N) is 1. The fourth-order valence-electron chi connectivity index (χ4n) is 3.60. The second-order valence-corrected chi connectivity index (χ2v) is 10.5. The fraction of sp³-hybridized carbons (Fsp3) is 0.478. The molecule has 0 atom stereocenters. The number of carbonyl (C=O) groups is 1. The number of ether oxygens (including phenoxy) is 1. The maximum atomic E-state index is 12.9. The molecule has 1 aromatic carbocycles. The first-order valence-corrected chi connectivity index (χ1v) is 12.2. The minimum Gasteiger partial charge on any atom is -0.494 e. The van der Waals surface area contributed by atoms with Crippen molar-refractivity contribution in [3.8, 4) is 5.75 Å². The predicted octanol–water partition coefficient (Wildman–Crippen LogP) is 3.38. The highest BCUT2D eigenvalue weighted by atomic mass is 32.2. The Hall–Kier alpha value is -2.52. The van der Waals surface area contributed by atoms with Gasteiger partial charge in [-0.2, -0.15) is 4.31 Å². The summed E-state index contributed by atoms with van der Waals surface area (Å²) in [5.74, 6) is 0.238. The molecule has 0 bridgehead atoms. The monoisotopic (exact) mass is 463 g/mol. The Labute approximate surface area is 189 Å². The predicted molar refractivity (Wildman–Crippen MR) is 119 cm³/mol. The van der Waals surface area contributed by atoms with Gasteiger partial charge in [0.25, 0.3) is 10.0 Å². The second kappa shape index (κ2) is 10.4. The van der Waals surface area contributed by atoms with E-state index >= 15 is 0 Å². The van der Waals surface area contributed by atoms with Crippen LogP contribution in [0.4, 0.5) is 4.39 Å². The van der Waals surface area contributed by atoms with Crippen LogP contribution in [0.15, 0.2) is 53.7 Å². The molecule has 7 nitrogen and oxygen atoms in total. The van der Waals surface area contributed by atoms with Gasteiger partial charge in [-0.05, 0) is 62.1 Å². The van der Waals surface area contributed by atoms with Crippen LogP contribution in [-0.4, -0.2) is 49.4 Å². The summed E-state index contributed by atoms with van der Waals surface area (Å²) in [7, 11) is -3.61. The van der Waals surface area contributed by atoms with E-state index in [0.717, 1.165) is 0 Å². The molecule has 0 aliphatic carbocycles. The van der Waals surface area contributed by atoms with Crippen LogP contribution in [-0.2, 0) is 14.8 Å². The Morgan fingerprint density at radius 3 is 2.50 bits per heavy atom. The Bertz CT molecular complexity index is 990. The Kier molecular flexibility index (Phi) is 7.84. The average molecular weight is 464 g/mol. The lowest BCUT2D eigenvalue weighted by Crippen LogP contribution is -2.49. The van der Waals surface area contributed by atoms with Gasteiger partial charge in [0.2, 0.25) is 5.91 Å². The number of hydrogen-bond donors (Lipinski definition) is 1. The standard InChI is InChI=1S/C23H30FN3O4S/c1-23(2,13-5-17-31-20-9-7-18(24)8-10-20)22(28)26-19-11-15-27(16-12-19)32(29,30)21-6-3-4-14-25-21/h3-4,6-10,14,19H,5,11-13,15-17H2,1-2H3,(H,26,28).